The summed E-state index contributed by atoms with van der Waals surface area (Å²) in [5, 5.41) is 19.6. The molecule has 2 rings (SSSR count). The normalized spacial score (nSPS) is 10.6. The van der Waals surface area contributed by atoms with Crippen molar-refractivity contribution in [3.63, 3.8) is 0 Å². The summed E-state index contributed by atoms with van der Waals surface area (Å²) >= 11 is 0. The molecule has 0 spiro atoms. The Morgan fingerprint density at radius 3 is 2.67 bits per heavy atom. The van der Waals surface area contributed by atoms with Gasteiger partial charge in [0.15, 0.2) is 0 Å². The van der Waals surface area contributed by atoms with Gasteiger partial charge < -0.3 is 10.4 Å². The van der Waals surface area contributed by atoms with Crippen molar-refractivity contribution >= 4 is 11.9 Å². The lowest BCUT2D eigenvalue weighted by Gasteiger charge is -2.05. The van der Waals surface area contributed by atoms with E-state index < -0.39 is 5.97 Å². The zero-order chi connectivity index (χ0) is 15.4. The molecule has 2 aromatic rings. The molecule has 2 heterocycles. The van der Waals surface area contributed by atoms with Crippen LogP contribution in [-0.2, 0) is 24.9 Å². The summed E-state index contributed by atoms with van der Waals surface area (Å²) in [7, 11) is 1.85. The van der Waals surface area contributed by atoms with E-state index in [1.165, 1.54) is 17.1 Å². The average Bonchev–Trinajstić information content (AvgIpc) is 3.04. The Bertz CT molecular complexity index is 659. The van der Waals surface area contributed by atoms with Crippen molar-refractivity contribution in [1.29, 1.82) is 0 Å². The van der Waals surface area contributed by atoms with E-state index in [0.717, 1.165) is 11.3 Å². The van der Waals surface area contributed by atoms with E-state index in [0.29, 0.717) is 13.1 Å². The number of rotatable bonds is 6. The van der Waals surface area contributed by atoms with E-state index in [1.807, 2.05) is 14.0 Å². The maximum Gasteiger partial charge on any atom is 0.338 e. The second kappa shape index (κ2) is 6.21. The van der Waals surface area contributed by atoms with Crippen molar-refractivity contribution in [2.24, 2.45) is 7.05 Å². The van der Waals surface area contributed by atoms with Crippen LogP contribution in [0, 0.1) is 6.92 Å². The van der Waals surface area contributed by atoms with E-state index in [2.05, 4.69) is 15.5 Å². The Morgan fingerprint density at radius 1 is 1.33 bits per heavy atom. The number of carbonyl (C=O) groups is 2. The van der Waals surface area contributed by atoms with Gasteiger partial charge in [-0.05, 0) is 6.92 Å². The number of hydrogen-bond acceptors (Lipinski definition) is 4. The number of nitrogens with one attached hydrogen (secondary N) is 1. The molecule has 0 aromatic carbocycles. The number of aryl methyl sites for hydroxylation is 2. The zero-order valence-corrected chi connectivity index (χ0v) is 11.9. The van der Waals surface area contributed by atoms with Crippen LogP contribution in [0.2, 0.25) is 0 Å². The van der Waals surface area contributed by atoms with Crippen molar-refractivity contribution in [3.05, 3.63) is 35.4 Å². The molecule has 0 aliphatic heterocycles. The lowest BCUT2D eigenvalue weighted by molar-refractivity contribution is -0.121. The fourth-order valence-corrected chi connectivity index (χ4v) is 1.81. The van der Waals surface area contributed by atoms with Crippen LogP contribution in [0.3, 0.4) is 0 Å². The van der Waals surface area contributed by atoms with Crippen LogP contribution in [0.4, 0.5) is 0 Å². The Morgan fingerprint density at radius 2 is 2.10 bits per heavy atom. The Kier molecular flexibility index (Phi) is 4.36. The Hall–Kier alpha value is -2.64. The summed E-state index contributed by atoms with van der Waals surface area (Å²) in [4.78, 5) is 22.5. The number of carboxylic acids is 1. The number of aromatic nitrogens is 4. The van der Waals surface area contributed by atoms with Gasteiger partial charge >= 0.3 is 5.97 Å². The Balaban J connectivity index is 1.79. The molecule has 2 N–H and O–H groups in total. The molecule has 0 saturated carbocycles. The van der Waals surface area contributed by atoms with Crippen molar-refractivity contribution in [3.8, 4) is 0 Å². The van der Waals surface area contributed by atoms with Crippen molar-refractivity contribution in [2.75, 3.05) is 0 Å². The van der Waals surface area contributed by atoms with Gasteiger partial charge in [-0.15, -0.1) is 0 Å². The molecular weight excluding hydrogens is 274 g/mol. The molecule has 0 aliphatic rings. The lowest BCUT2D eigenvalue weighted by atomic mass is 10.2. The molecule has 0 saturated heterocycles. The van der Waals surface area contributed by atoms with E-state index in [-0.39, 0.29) is 17.9 Å². The lowest BCUT2D eigenvalue weighted by Crippen LogP contribution is -2.24. The summed E-state index contributed by atoms with van der Waals surface area (Å²) < 4.78 is 3.19. The highest BCUT2D eigenvalue weighted by Crippen LogP contribution is 2.05. The van der Waals surface area contributed by atoms with Gasteiger partial charge in [-0.25, -0.2) is 4.79 Å². The molecule has 8 heteroatoms. The van der Waals surface area contributed by atoms with Gasteiger partial charge in [-0.2, -0.15) is 10.2 Å². The second-order valence-corrected chi connectivity index (χ2v) is 4.70. The van der Waals surface area contributed by atoms with Gasteiger partial charge in [-0.1, -0.05) is 0 Å². The van der Waals surface area contributed by atoms with E-state index in [1.54, 1.807) is 10.9 Å². The monoisotopic (exact) mass is 291 g/mol. The molecule has 0 fully saturated rings. The zero-order valence-electron chi connectivity index (χ0n) is 11.9. The topological polar surface area (TPSA) is 102 Å². The minimum absolute atomic E-state index is 0.112. The molecule has 0 aliphatic carbocycles. The van der Waals surface area contributed by atoms with Crippen molar-refractivity contribution in [1.82, 2.24) is 24.9 Å². The highest BCUT2D eigenvalue weighted by atomic mass is 16.4. The maximum absolute atomic E-state index is 11.8. The first kappa shape index (κ1) is 14.8. The summed E-state index contributed by atoms with van der Waals surface area (Å²) in [5.74, 6) is -1.15. The maximum atomic E-state index is 11.8. The molecule has 2 aromatic heterocycles. The number of aromatic carboxylic acids is 1. The highest BCUT2D eigenvalue weighted by molar-refractivity contribution is 5.86. The molecule has 8 nitrogen and oxygen atoms in total. The van der Waals surface area contributed by atoms with Gasteiger partial charge in [0.2, 0.25) is 5.91 Å². The summed E-state index contributed by atoms with van der Waals surface area (Å²) in [6, 6.07) is 0. The average molecular weight is 291 g/mol. The van der Waals surface area contributed by atoms with E-state index >= 15 is 0 Å². The summed E-state index contributed by atoms with van der Waals surface area (Å²) in [6.07, 6.45) is 4.63. The molecular formula is C13H17N5O3. The van der Waals surface area contributed by atoms with Crippen LogP contribution in [0.15, 0.2) is 18.6 Å². The third kappa shape index (κ3) is 3.68. The van der Waals surface area contributed by atoms with E-state index in [9.17, 15) is 9.59 Å². The smallest absolute Gasteiger partial charge is 0.338 e. The molecule has 21 heavy (non-hydrogen) atoms. The first-order valence-electron chi connectivity index (χ1n) is 6.47. The van der Waals surface area contributed by atoms with Crippen LogP contribution in [0.25, 0.3) is 0 Å². The molecule has 0 radical (unpaired) electrons. The predicted molar refractivity (Wildman–Crippen MR) is 73.6 cm³/mol. The second-order valence-electron chi connectivity index (χ2n) is 4.70. The number of amides is 1. The highest BCUT2D eigenvalue weighted by Gasteiger charge is 2.09. The number of hydrogen-bond donors (Lipinski definition) is 2. The van der Waals surface area contributed by atoms with Gasteiger partial charge in [0.05, 0.1) is 18.0 Å². The first-order chi connectivity index (χ1) is 9.97. The summed E-state index contributed by atoms with van der Waals surface area (Å²) in [5.41, 5.74) is 2.09. The van der Waals surface area contributed by atoms with Gasteiger partial charge in [0.1, 0.15) is 0 Å². The number of carboxylic acid groups (broad SMARTS) is 1. The third-order valence-electron chi connectivity index (χ3n) is 3.26. The van der Waals surface area contributed by atoms with Crippen LogP contribution in [0.5, 0.6) is 0 Å². The number of carbonyl (C=O) groups excluding carboxylic acids is 1. The van der Waals surface area contributed by atoms with Crippen molar-refractivity contribution in [2.45, 2.75) is 26.4 Å². The molecule has 112 valence electrons. The molecule has 0 unspecified atom stereocenters. The quantitative estimate of drug-likeness (QED) is 0.798. The largest absolute Gasteiger partial charge is 0.478 e. The minimum atomic E-state index is -1.03. The number of nitrogens with zero attached hydrogens (tertiary/aromatic N) is 4. The van der Waals surface area contributed by atoms with E-state index in [4.69, 9.17) is 5.11 Å². The van der Waals surface area contributed by atoms with Crippen molar-refractivity contribution < 1.29 is 14.7 Å². The fraction of sp³-hybridized carbons (Fsp3) is 0.385. The van der Waals surface area contributed by atoms with Crippen LogP contribution < -0.4 is 5.32 Å². The Labute approximate surface area is 121 Å². The fourth-order valence-electron chi connectivity index (χ4n) is 1.81. The van der Waals surface area contributed by atoms with Gasteiger partial charge in [0.25, 0.3) is 0 Å². The molecule has 1 amide bonds. The van der Waals surface area contributed by atoms with Gasteiger partial charge in [-0.3, -0.25) is 14.2 Å². The summed E-state index contributed by atoms with van der Waals surface area (Å²) in [6.45, 7) is 2.70. The molecule has 0 bridgehead atoms. The minimum Gasteiger partial charge on any atom is -0.478 e. The standard InChI is InChI=1S/C13H17N5O3/c1-9-10(6-15-17(9)2)5-14-12(19)3-4-18-8-11(7-16-18)13(20)21/h6-8H,3-5H2,1-2H3,(H,14,19)(H,20,21). The SMILES string of the molecule is Cc1c(CNC(=O)CCn2cc(C(=O)O)cn2)cnn1C. The van der Waals surface area contributed by atoms with Crippen LogP contribution >= 0.6 is 0 Å². The van der Waals surface area contributed by atoms with Gasteiger partial charge in [0, 0.05) is 44.0 Å². The molecule has 0 atom stereocenters. The first-order valence-corrected chi connectivity index (χ1v) is 6.47. The van der Waals surface area contributed by atoms with Crippen LogP contribution in [0.1, 0.15) is 28.0 Å². The van der Waals surface area contributed by atoms with Crippen LogP contribution in [-0.4, -0.2) is 36.5 Å². The predicted octanol–water partition coefficient (Wildman–Crippen LogP) is 0.330. The third-order valence-corrected chi connectivity index (χ3v) is 3.26.